The second-order valence-corrected chi connectivity index (χ2v) is 5.43. The van der Waals surface area contributed by atoms with Gasteiger partial charge in [0.15, 0.2) is 0 Å². The molecule has 0 aromatic heterocycles. The van der Waals surface area contributed by atoms with Crippen LogP contribution in [0.1, 0.15) is 33.6 Å². The quantitative estimate of drug-likeness (QED) is 0.843. The van der Waals surface area contributed by atoms with Gasteiger partial charge in [-0.05, 0) is 45.4 Å². The first kappa shape index (κ1) is 16.4. The first-order valence-electron chi connectivity index (χ1n) is 6.89. The Bertz CT molecular complexity index is 460. The van der Waals surface area contributed by atoms with Gasteiger partial charge >= 0.3 is 0 Å². The molecule has 0 bridgehead atoms. The number of rotatable bonds is 6. The largest absolute Gasteiger partial charge is 0.370 e. The Hall–Kier alpha value is -1.62. The van der Waals surface area contributed by atoms with E-state index in [1.165, 1.54) is 6.07 Å². The van der Waals surface area contributed by atoms with E-state index < -0.39 is 0 Å². The molecule has 20 heavy (non-hydrogen) atoms. The SMILES string of the molecule is CC(N)CCC(=O)Nc1ccc(N(C)C(C)C)c(F)c1. The van der Waals surface area contributed by atoms with Crippen LogP contribution in [-0.2, 0) is 4.79 Å². The van der Waals surface area contributed by atoms with Crippen molar-refractivity contribution in [2.75, 3.05) is 17.3 Å². The number of anilines is 2. The van der Waals surface area contributed by atoms with Crippen LogP contribution in [-0.4, -0.2) is 25.0 Å². The molecule has 1 aromatic rings. The van der Waals surface area contributed by atoms with Gasteiger partial charge in [0, 0.05) is 31.2 Å². The molecule has 3 N–H and O–H groups in total. The lowest BCUT2D eigenvalue weighted by Crippen LogP contribution is -2.26. The van der Waals surface area contributed by atoms with E-state index in [0.29, 0.717) is 24.2 Å². The number of nitrogens with two attached hydrogens (primary N) is 1. The van der Waals surface area contributed by atoms with Crippen molar-refractivity contribution < 1.29 is 9.18 Å². The van der Waals surface area contributed by atoms with Crippen LogP contribution in [0, 0.1) is 5.82 Å². The van der Waals surface area contributed by atoms with Gasteiger partial charge in [-0.15, -0.1) is 0 Å². The number of nitrogens with zero attached hydrogens (tertiary/aromatic N) is 1. The lowest BCUT2D eigenvalue weighted by atomic mass is 10.2. The minimum absolute atomic E-state index is 0.0143. The van der Waals surface area contributed by atoms with E-state index in [-0.39, 0.29) is 23.8 Å². The average Bonchev–Trinajstić information content (AvgIpc) is 2.35. The summed E-state index contributed by atoms with van der Waals surface area (Å²) >= 11 is 0. The monoisotopic (exact) mass is 281 g/mol. The molecular formula is C15H24FN3O. The molecule has 1 amide bonds. The minimum atomic E-state index is -0.341. The van der Waals surface area contributed by atoms with Gasteiger partial charge in [0.1, 0.15) is 5.82 Å². The van der Waals surface area contributed by atoms with Crippen molar-refractivity contribution in [3.8, 4) is 0 Å². The molecule has 0 saturated heterocycles. The van der Waals surface area contributed by atoms with Crippen LogP contribution >= 0.6 is 0 Å². The van der Waals surface area contributed by atoms with Gasteiger partial charge in [-0.2, -0.15) is 0 Å². The molecule has 0 aliphatic heterocycles. The van der Waals surface area contributed by atoms with E-state index in [9.17, 15) is 9.18 Å². The molecule has 0 saturated carbocycles. The number of carbonyl (C=O) groups excluding carboxylic acids is 1. The van der Waals surface area contributed by atoms with Crippen molar-refractivity contribution in [2.24, 2.45) is 5.73 Å². The number of hydrogen-bond acceptors (Lipinski definition) is 3. The topological polar surface area (TPSA) is 58.4 Å². The molecule has 1 atom stereocenters. The maximum atomic E-state index is 14.0. The third-order valence-electron chi connectivity index (χ3n) is 3.21. The third kappa shape index (κ3) is 4.81. The summed E-state index contributed by atoms with van der Waals surface area (Å²) in [6.45, 7) is 5.83. The van der Waals surface area contributed by atoms with Gasteiger partial charge < -0.3 is 16.0 Å². The summed E-state index contributed by atoms with van der Waals surface area (Å²) in [5.74, 6) is -0.488. The van der Waals surface area contributed by atoms with Crippen molar-refractivity contribution in [1.29, 1.82) is 0 Å². The van der Waals surface area contributed by atoms with E-state index in [1.54, 1.807) is 12.1 Å². The number of hydrogen-bond donors (Lipinski definition) is 2. The van der Waals surface area contributed by atoms with Crippen molar-refractivity contribution in [3.63, 3.8) is 0 Å². The van der Waals surface area contributed by atoms with Gasteiger partial charge in [-0.1, -0.05) is 0 Å². The highest BCUT2D eigenvalue weighted by Crippen LogP contribution is 2.23. The molecule has 0 aliphatic carbocycles. The number of benzene rings is 1. The summed E-state index contributed by atoms with van der Waals surface area (Å²) in [7, 11) is 1.84. The van der Waals surface area contributed by atoms with Gasteiger partial charge in [0.2, 0.25) is 5.91 Å². The highest BCUT2D eigenvalue weighted by Gasteiger charge is 2.12. The highest BCUT2D eigenvalue weighted by atomic mass is 19.1. The molecule has 0 fully saturated rings. The summed E-state index contributed by atoms with van der Waals surface area (Å²) in [4.78, 5) is 13.5. The summed E-state index contributed by atoms with van der Waals surface area (Å²) in [5, 5.41) is 2.68. The Balaban J connectivity index is 2.70. The van der Waals surface area contributed by atoms with Crippen molar-refractivity contribution in [2.45, 2.75) is 45.7 Å². The summed E-state index contributed by atoms with van der Waals surface area (Å²) in [5.41, 5.74) is 6.59. The Morgan fingerprint density at radius 3 is 2.55 bits per heavy atom. The fourth-order valence-corrected chi connectivity index (χ4v) is 1.73. The molecule has 1 unspecified atom stereocenters. The maximum absolute atomic E-state index is 14.0. The van der Waals surface area contributed by atoms with Crippen molar-refractivity contribution in [1.82, 2.24) is 0 Å². The van der Waals surface area contributed by atoms with Crippen molar-refractivity contribution >= 4 is 17.3 Å². The molecule has 0 spiro atoms. The molecule has 0 heterocycles. The number of carbonyl (C=O) groups is 1. The van der Waals surface area contributed by atoms with Gasteiger partial charge in [-0.25, -0.2) is 4.39 Å². The molecule has 4 nitrogen and oxygen atoms in total. The number of halogens is 1. The standard InChI is InChI=1S/C15H24FN3O/c1-10(2)19(4)14-7-6-12(9-13(14)16)18-15(20)8-5-11(3)17/h6-7,9-11H,5,8,17H2,1-4H3,(H,18,20). The third-order valence-corrected chi connectivity index (χ3v) is 3.21. The molecule has 1 rings (SSSR count). The lowest BCUT2D eigenvalue weighted by Gasteiger charge is -2.24. The zero-order valence-electron chi connectivity index (χ0n) is 12.6. The van der Waals surface area contributed by atoms with Crippen LogP contribution in [0.15, 0.2) is 18.2 Å². The van der Waals surface area contributed by atoms with Crippen LogP contribution in [0.4, 0.5) is 15.8 Å². The zero-order valence-corrected chi connectivity index (χ0v) is 12.6. The molecular weight excluding hydrogens is 257 g/mol. The van der Waals surface area contributed by atoms with Crippen LogP contribution in [0.25, 0.3) is 0 Å². The number of amides is 1. The second-order valence-electron chi connectivity index (χ2n) is 5.43. The van der Waals surface area contributed by atoms with Crippen molar-refractivity contribution in [3.05, 3.63) is 24.0 Å². The van der Waals surface area contributed by atoms with E-state index >= 15 is 0 Å². The average molecular weight is 281 g/mol. The van der Waals surface area contributed by atoms with E-state index in [4.69, 9.17) is 5.73 Å². The fourth-order valence-electron chi connectivity index (χ4n) is 1.73. The predicted molar refractivity (Wildman–Crippen MR) is 81.5 cm³/mol. The highest BCUT2D eigenvalue weighted by molar-refractivity contribution is 5.90. The van der Waals surface area contributed by atoms with Gasteiger partial charge in [-0.3, -0.25) is 4.79 Å². The van der Waals surface area contributed by atoms with E-state index in [1.807, 2.05) is 32.7 Å². The Kier molecular flexibility index (Phi) is 5.95. The van der Waals surface area contributed by atoms with E-state index in [0.717, 1.165) is 0 Å². The first-order valence-corrected chi connectivity index (χ1v) is 6.89. The normalized spacial score (nSPS) is 12.3. The summed E-state index contributed by atoms with van der Waals surface area (Å²) in [6.07, 6.45) is 0.954. The Morgan fingerprint density at radius 1 is 1.40 bits per heavy atom. The summed E-state index contributed by atoms with van der Waals surface area (Å²) < 4.78 is 14.0. The molecule has 0 aliphatic rings. The van der Waals surface area contributed by atoms with E-state index in [2.05, 4.69) is 5.32 Å². The molecule has 112 valence electrons. The van der Waals surface area contributed by atoms with Crippen LogP contribution in [0.3, 0.4) is 0 Å². The van der Waals surface area contributed by atoms with Crippen LogP contribution in [0.5, 0.6) is 0 Å². The van der Waals surface area contributed by atoms with Gasteiger partial charge in [0.25, 0.3) is 0 Å². The fraction of sp³-hybridized carbons (Fsp3) is 0.533. The summed E-state index contributed by atoms with van der Waals surface area (Å²) in [6, 6.07) is 4.92. The second kappa shape index (κ2) is 7.24. The van der Waals surface area contributed by atoms with Crippen LogP contribution in [0.2, 0.25) is 0 Å². The minimum Gasteiger partial charge on any atom is -0.370 e. The maximum Gasteiger partial charge on any atom is 0.224 e. The molecule has 5 heteroatoms. The molecule has 0 radical (unpaired) electrons. The smallest absolute Gasteiger partial charge is 0.224 e. The zero-order chi connectivity index (χ0) is 15.3. The Labute approximate surface area is 120 Å². The molecule has 1 aromatic carbocycles. The van der Waals surface area contributed by atoms with Crippen LogP contribution < -0.4 is 16.0 Å². The number of nitrogens with one attached hydrogen (secondary N) is 1. The predicted octanol–water partition coefficient (Wildman–Crippen LogP) is 2.74. The van der Waals surface area contributed by atoms with Gasteiger partial charge in [0.05, 0.1) is 5.69 Å². The first-order chi connectivity index (χ1) is 9.31. The Morgan fingerprint density at radius 2 is 2.05 bits per heavy atom. The lowest BCUT2D eigenvalue weighted by molar-refractivity contribution is -0.116.